The van der Waals surface area contributed by atoms with Gasteiger partial charge in [-0.3, -0.25) is 4.68 Å². The first kappa shape index (κ1) is 12.6. The van der Waals surface area contributed by atoms with Crippen LogP contribution in [-0.2, 0) is 11.3 Å². The van der Waals surface area contributed by atoms with Crippen LogP contribution in [0.4, 0.5) is 0 Å². The Balaban J connectivity index is 1.82. The van der Waals surface area contributed by atoms with Crippen molar-refractivity contribution in [2.45, 2.75) is 57.3 Å². The van der Waals surface area contributed by atoms with E-state index in [2.05, 4.69) is 17.3 Å². The van der Waals surface area contributed by atoms with Crippen LogP contribution in [0.5, 0.6) is 0 Å². The van der Waals surface area contributed by atoms with E-state index in [1.165, 1.54) is 25.7 Å². The third-order valence-electron chi connectivity index (χ3n) is 3.52. The Kier molecular flexibility index (Phi) is 4.57. The summed E-state index contributed by atoms with van der Waals surface area (Å²) in [4.78, 5) is 0. The summed E-state index contributed by atoms with van der Waals surface area (Å²) in [6, 6.07) is 2.89. The SMILES string of the molecule is COC1CCCCC1NC(C)Cn1cccn1. The second-order valence-electron chi connectivity index (χ2n) is 4.96. The molecule has 0 spiro atoms. The minimum absolute atomic E-state index is 0.379. The van der Waals surface area contributed by atoms with Gasteiger partial charge in [-0.25, -0.2) is 0 Å². The Hall–Kier alpha value is -0.870. The first-order valence-corrected chi connectivity index (χ1v) is 6.56. The summed E-state index contributed by atoms with van der Waals surface area (Å²) in [7, 11) is 1.82. The Labute approximate surface area is 103 Å². The van der Waals surface area contributed by atoms with Crippen LogP contribution in [-0.4, -0.2) is 35.1 Å². The summed E-state index contributed by atoms with van der Waals surface area (Å²) in [6.07, 6.45) is 9.22. The molecule has 1 aliphatic carbocycles. The predicted molar refractivity (Wildman–Crippen MR) is 67.9 cm³/mol. The van der Waals surface area contributed by atoms with E-state index in [0.717, 1.165) is 6.54 Å². The summed E-state index contributed by atoms with van der Waals surface area (Å²) < 4.78 is 7.53. The van der Waals surface area contributed by atoms with Gasteiger partial charge >= 0.3 is 0 Å². The van der Waals surface area contributed by atoms with Crippen molar-refractivity contribution in [3.63, 3.8) is 0 Å². The lowest BCUT2D eigenvalue weighted by Crippen LogP contribution is -2.48. The second-order valence-corrected chi connectivity index (χ2v) is 4.96. The zero-order valence-corrected chi connectivity index (χ0v) is 10.8. The van der Waals surface area contributed by atoms with Gasteiger partial charge in [0.2, 0.25) is 0 Å². The molecular formula is C13H23N3O. The van der Waals surface area contributed by atoms with Gasteiger partial charge in [0.15, 0.2) is 0 Å². The fourth-order valence-electron chi connectivity index (χ4n) is 2.68. The molecule has 0 amide bonds. The van der Waals surface area contributed by atoms with Gasteiger partial charge in [0.1, 0.15) is 0 Å². The molecule has 1 heterocycles. The van der Waals surface area contributed by atoms with Gasteiger partial charge in [0.25, 0.3) is 0 Å². The molecule has 0 radical (unpaired) electrons. The highest BCUT2D eigenvalue weighted by Gasteiger charge is 2.25. The number of aromatic nitrogens is 2. The van der Waals surface area contributed by atoms with Crippen molar-refractivity contribution in [1.29, 1.82) is 0 Å². The molecule has 0 aliphatic heterocycles. The van der Waals surface area contributed by atoms with Crippen molar-refractivity contribution in [3.8, 4) is 0 Å². The van der Waals surface area contributed by atoms with Gasteiger partial charge in [-0.15, -0.1) is 0 Å². The Morgan fingerprint density at radius 2 is 2.29 bits per heavy atom. The van der Waals surface area contributed by atoms with Crippen LogP contribution in [0.3, 0.4) is 0 Å². The van der Waals surface area contributed by atoms with Crippen LogP contribution in [0.15, 0.2) is 18.5 Å². The van der Waals surface area contributed by atoms with Crippen molar-refractivity contribution in [2.24, 2.45) is 0 Å². The van der Waals surface area contributed by atoms with E-state index in [9.17, 15) is 0 Å². The molecule has 3 unspecified atom stereocenters. The van der Waals surface area contributed by atoms with Gasteiger partial charge in [-0.1, -0.05) is 12.8 Å². The normalized spacial score (nSPS) is 26.9. The highest BCUT2D eigenvalue weighted by molar-refractivity contribution is 4.84. The summed E-state index contributed by atoms with van der Waals surface area (Å²) in [6.45, 7) is 3.13. The molecule has 1 aromatic rings. The van der Waals surface area contributed by atoms with Crippen molar-refractivity contribution >= 4 is 0 Å². The minimum Gasteiger partial charge on any atom is -0.380 e. The monoisotopic (exact) mass is 237 g/mol. The number of hydrogen-bond donors (Lipinski definition) is 1. The minimum atomic E-state index is 0.379. The van der Waals surface area contributed by atoms with Gasteiger partial charge in [0.05, 0.1) is 12.6 Å². The topological polar surface area (TPSA) is 39.1 Å². The second kappa shape index (κ2) is 6.17. The third kappa shape index (κ3) is 3.54. The van der Waals surface area contributed by atoms with Crippen LogP contribution in [0.25, 0.3) is 0 Å². The highest BCUT2D eigenvalue weighted by atomic mass is 16.5. The van der Waals surface area contributed by atoms with E-state index in [0.29, 0.717) is 18.2 Å². The number of rotatable bonds is 5. The summed E-state index contributed by atoms with van der Waals surface area (Å²) in [5.41, 5.74) is 0. The number of hydrogen-bond acceptors (Lipinski definition) is 3. The lowest BCUT2D eigenvalue weighted by Gasteiger charge is -2.33. The molecule has 0 aromatic carbocycles. The number of nitrogens with zero attached hydrogens (tertiary/aromatic N) is 2. The average molecular weight is 237 g/mol. The summed E-state index contributed by atoms with van der Waals surface area (Å²) in [5.74, 6) is 0. The zero-order chi connectivity index (χ0) is 12.1. The van der Waals surface area contributed by atoms with E-state index >= 15 is 0 Å². The van der Waals surface area contributed by atoms with E-state index in [4.69, 9.17) is 4.74 Å². The van der Waals surface area contributed by atoms with Crippen LogP contribution >= 0.6 is 0 Å². The van der Waals surface area contributed by atoms with Crippen molar-refractivity contribution in [2.75, 3.05) is 7.11 Å². The van der Waals surface area contributed by atoms with Crippen molar-refractivity contribution in [1.82, 2.24) is 15.1 Å². The van der Waals surface area contributed by atoms with E-state index in [-0.39, 0.29) is 0 Å². The molecule has 1 aromatic heterocycles. The Morgan fingerprint density at radius 1 is 1.47 bits per heavy atom. The fraction of sp³-hybridized carbons (Fsp3) is 0.769. The van der Waals surface area contributed by atoms with Crippen molar-refractivity contribution < 1.29 is 4.74 Å². The molecule has 4 heteroatoms. The van der Waals surface area contributed by atoms with E-state index in [1.54, 1.807) is 0 Å². The van der Waals surface area contributed by atoms with Crippen LogP contribution < -0.4 is 5.32 Å². The maximum Gasteiger partial charge on any atom is 0.0724 e. The summed E-state index contributed by atoms with van der Waals surface area (Å²) in [5, 5.41) is 7.91. The molecule has 1 fully saturated rings. The average Bonchev–Trinajstić information content (AvgIpc) is 2.82. The van der Waals surface area contributed by atoms with Gasteiger partial charge in [-0.05, 0) is 25.8 Å². The maximum atomic E-state index is 5.55. The molecular weight excluding hydrogens is 214 g/mol. The molecule has 4 nitrogen and oxygen atoms in total. The summed E-state index contributed by atoms with van der Waals surface area (Å²) >= 11 is 0. The van der Waals surface area contributed by atoms with Crippen LogP contribution in [0, 0.1) is 0 Å². The molecule has 0 bridgehead atoms. The standard InChI is InChI=1S/C13H23N3O/c1-11(10-16-9-5-8-14-16)15-12-6-3-4-7-13(12)17-2/h5,8-9,11-13,15H,3-4,6-7,10H2,1-2H3. The molecule has 17 heavy (non-hydrogen) atoms. The lowest BCUT2D eigenvalue weighted by atomic mass is 9.92. The highest BCUT2D eigenvalue weighted by Crippen LogP contribution is 2.21. The van der Waals surface area contributed by atoms with Crippen molar-refractivity contribution in [3.05, 3.63) is 18.5 Å². The molecule has 2 rings (SSSR count). The van der Waals surface area contributed by atoms with E-state index < -0.39 is 0 Å². The molecule has 96 valence electrons. The lowest BCUT2D eigenvalue weighted by molar-refractivity contribution is 0.0375. The maximum absolute atomic E-state index is 5.55. The molecule has 1 aliphatic rings. The van der Waals surface area contributed by atoms with Gasteiger partial charge in [0, 0.05) is 31.6 Å². The number of methoxy groups -OCH3 is 1. The Morgan fingerprint density at radius 3 is 3.00 bits per heavy atom. The van der Waals surface area contributed by atoms with Gasteiger partial charge in [-0.2, -0.15) is 5.10 Å². The fourth-order valence-corrected chi connectivity index (χ4v) is 2.68. The van der Waals surface area contributed by atoms with Gasteiger partial charge < -0.3 is 10.1 Å². The Bertz CT molecular complexity index is 312. The molecule has 3 atom stereocenters. The zero-order valence-electron chi connectivity index (χ0n) is 10.8. The number of ether oxygens (including phenoxy) is 1. The first-order chi connectivity index (χ1) is 8.29. The third-order valence-corrected chi connectivity index (χ3v) is 3.52. The largest absolute Gasteiger partial charge is 0.380 e. The quantitative estimate of drug-likeness (QED) is 0.849. The predicted octanol–water partition coefficient (Wildman–Crippen LogP) is 1.82. The van der Waals surface area contributed by atoms with Crippen LogP contribution in [0.1, 0.15) is 32.6 Å². The molecule has 1 saturated carbocycles. The molecule has 1 N–H and O–H groups in total. The first-order valence-electron chi connectivity index (χ1n) is 6.56. The number of nitrogens with one attached hydrogen (secondary N) is 1. The smallest absolute Gasteiger partial charge is 0.0724 e. The van der Waals surface area contributed by atoms with Crippen LogP contribution in [0.2, 0.25) is 0 Å². The molecule has 0 saturated heterocycles. The van der Waals surface area contributed by atoms with E-state index in [1.807, 2.05) is 30.3 Å².